The number of carbonyl (C=O) groups excluding carboxylic acids is 3. The summed E-state index contributed by atoms with van der Waals surface area (Å²) in [5, 5.41) is 2.96. The number of likely N-dealkylation sites (tertiary alicyclic amines) is 1. The summed E-state index contributed by atoms with van der Waals surface area (Å²) in [6, 6.07) is 3.42. The second-order valence-corrected chi connectivity index (χ2v) is 11.1. The number of benzene rings is 1. The molecule has 4 rings (SSSR count). The molecule has 1 atom stereocenters. The van der Waals surface area contributed by atoms with E-state index in [0.717, 1.165) is 37.7 Å². The van der Waals surface area contributed by atoms with Crippen LogP contribution in [-0.2, 0) is 9.53 Å². The van der Waals surface area contributed by atoms with Gasteiger partial charge in [0.05, 0.1) is 11.7 Å². The summed E-state index contributed by atoms with van der Waals surface area (Å²) < 4.78 is 11.7. The van der Waals surface area contributed by atoms with Crippen LogP contribution in [-0.4, -0.2) is 64.1 Å². The van der Waals surface area contributed by atoms with Gasteiger partial charge >= 0.3 is 6.09 Å². The lowest BCUT2D eigenvalue weighted by Crippen LogP contribution is -2.55. The molecule has 3 aliphatic rings. The first-order valence-electron chi connectivity index (χ1n) is 12.4. The Balaban J connectivity index is 1.56. The van der Waals surface area contributed by atoms with Crippen LogP contribution in [0, 0.1) is 6.92 Å². The maximum atomic E-state index is 13.8. The summed E-state index contributed by atoms with van der Waals surface area (Å²) in [5.41, 5.74) is 0.569. The van der Waals surface area contributed by atoms with Gasteiger partial charge in [0.25, 0.3) is 11.8 Å². The summed E-state index contributed by atoms with van der Waals surface area (Å²) in [6.07, 6.45) is 3.68. The second kappa shape index (κ2) is 8.78. The molecular formula is C26H37N3O5. The fourth-order valence-electron chi connectivity index (χ4n) is 5.05. The Kier molecular flexibility index (Phi) is 6.29. The molecule has 1 aliphatic carbocycles. The Morgan fingerprint density at radius 2 is 1.94 bits per heavy atom. The smallest absolute Gasteiger partial charge is 0.410 e. The van der Waals surface area contributed by atoms with E-state index in [-0.39, 0.29) is 30.0 Å². The highest BCUT2D eigenvalue weighted by atomic mass is 16.6. The molecule has 2 heterocycles. The molecule has 1 spiro atoms. The molecule has 1 N–H and O–H groups in total. The Morgan fingerprint density at radius 1 is 1.24 bits per heavy atom. The highest BCUT2D eigenvalue weighted by molar-refractivity contribution is 6.04. The van der Waals surface area contributed by atoms with Crippen LogP contribution in [0.2, 0.25) is 0 Å². The van der Waals surface area contributed by atoms with Crippen molar-refractivity contribution in [1.29, 1.82) is 0 Å². The molecule has 34 heavy (non-hydrogen) atoms. The summed E-state index contributed by atoms with van der Waals surface area (Å²) in [5.74, 6) is 0.386. The molecule has 0 unspecified atom stereocenters. The van der Waals surface area contributed by atoms with Crippen LogP contribution >= 0.6 is 0 Å². The Bertz CT molecular complexity index is 993. The Hall–Kier alpha value is -2.77. The summed E-state index contributed by atoms with van der Waals surface area (Å²) in [4.78, 5) is 42.7. The molecule has 8 heteroatoms. The van der Waals surface area contributed by atoms with Crippen molar-refractivity contribution in [3.05, 3.63) is 23.3 Å². The fraction of sp³-hybridized carbons (Fsp3) is 0.654. The largest absolute Gasteiger partial charge is 0.475 e. The highest BCUT2D eigenvalue weighted by Gasteiger charge is 2.49. The van der Waals surface area contributed by atoms with Gasteiger partial charge in [0, 0.05) is 24.7 Å². The first-order chi connectivity index (χ1) is 15.9. The van der Waals surface area contributed by atoms with Crippen molar-refractivity contribution in [2.45, 2.75) is 96.9 Å². The average Bonchev–Trinajstić information content (AvgIpc) is 2.70. The fourth-order valence-corrected chi connectivity index (χ4v) is 5.05. The molecule has 1 aromatic rings. The van der Waals surface area contributed by atoms with Gasteiger partial charge in [0.15, 0.2) is 5.60 Å². The van der Waals surface area contributed by atoms with E-state index in [4.69, 9.17) is 9.47 Å². The van der Waals surface area contributed by atoms with Gasteiger partial charge in [-0.25, -0.2) is 4.79 Å². The molecule has 186 valence electrons. The SMILES string of the molecule is Cc1cc2c(cc1C(=O)N(C(C)C)[C@@H]1CCCN(C(=O)OC(C)(C)C)C1)NC(=O)C1(CCC1)O2. The third kappa shape index (κ3) is 4.59. The lowest BCUT2D eigenvalue weighted by atomic mass is 9.78. The Morgan fingerprint density at radius 3 is 2.53 bits per heavy atom. The summed E-state index contributed by atoms with van der Waals surface area (Å²) >= 11 is 0. The molecule has 1 saturated heterocycles. The number of amides is 3. The van der Waals surface area contributed by atoms with E-state index in [9.17, 15) is 14.4 Å². The quantitative estimate of drug-likeness (QED) is 0.701. The molecule has 0 aromatic heterocycles. The number of rotatable bonds is 3. The molecule has 2 fully saturated rings. The number of piperidine rings is 1. The van der Waals surface area contributed by atoms with Gasteiger partial charge in [-0.3, -0.25) is 9.59 Å². The molecule has 1 aromatic carbocycles. The van der Waals surface area contributed by atoms with E-state index in [1.165, 1.54) is 0 Å². The van der Waals surface area contributed by atoms with Crippen LogP contribution in [0.3, 0.4) is 0 Å². The van der Waals surface area contributed by atoms with E-state index >= 15 is 0 Å². The number of fused-ring (bicyclic) bond motifs is 1. The standard InChI is InChI=1S/C26H37N3O5/c1-16(2)29(18-9-7-12-28(15-18)24(32)34-25(4,5)6)22(30)19-14-20-21(13-17(19)3)33-26(10-8-11-26)23(31)27-20/h13-14,16,18H,7-12,15H2,1-6H3,(H,27,31)/t18-/m1/s1. The second-order valence-electron chi connectivity index (χ2n) is 11.1. The van der Waals surface area contributed by atoms with Gasteiger partial charge in [0.1, 0.15) is 11.4 Å². The monoisotopic (exact) mass is 471 g/mol. The van der Waals surface area contributed by atoms with Crippen molar-refractivity contribution in [3.8, 4) is 5.75 Å². The van der Waals surface area contributed by atoms with E-state index in [2.05, 4.69) is 5.32 Å². The summed E-state index contributed by atoms with van der Waals surface area (Å²) in [7, 11) is 0. The predicted octanol–water partition coefficient (Wildman–Crippen LogP) is 4.50. The first kappa shape index (κ1) is 24.4. The lowest BCUT2D eigenvalue weighted by Gasteiger charge is -2.44. The number of hydrogen-bond donors (Lipinski definition) is 1. The molecule has 3 amide bonds. The normalized spacial score (nSPS) is 21.3. The van der Waals surface area contributed by atoms with Gasteiger partial charge in [-0.1, -0.05) is 0 Å². The average molecular weight is 472 g/mol. The molecule has 0 bridgehead atoms. The third-order valence-electron chi connectivity index (χ3n) is 6.92. The van der Waals surface area contributed by atoms with E-state index in [1.54, 1.807) is 11.0 Å². The minimum Gasteiger partial charge on any atom is -0.475 e. The zero-order valence-corrected chi connectivity index (χ0v) is 21.2. The van der Waals surface area contributed by atoms with Crippen LogP contribution < -0.4 is 10.1 Å². The number of ether oxygens (including phenoxy) is 2. The van der Waals surface area contributed by atoms with Crippen molar-refractivity contribution in [3.63, 3.8) is 0 Å². The zero-order chi connectivity index (χ0) is 24.8. The lowest BCUT2D eigenvalue weighted by molar-refractivity contribution is -0.139. The summed E-state index contributed by atoms with van der Waals surface area (Å²) in [6.45, 7) is 12.5. The maximum absolute atomic E-state index is 13.8. The van der Waals surface area contributed by atoms with Crippen molar-refractivity contribution in [2.24, 2.45) is 0 Å². The molecule has 0 radical (unpaired) electrons. The number of nitrogens with one attached hydrogen (secondary N) is 1. The number of carbonyl (C=O) groups is 3. The van der Waals surface area contributed by atoms with Crippen molar-refractivity contribution in [2.75, 3.05) is 18.4 Å². The van der Waals surface area contributed by atoms with Crippen LogP contribution in [0.4, 0.5) is 10.5 Å². The van der Waals surface area contributed by atoms with Crippen LogP contribution in [0.25, 0.3) is 0 Å². The first-order valence-corrected chi connectivity index (χ1v) is 12.4. The number of anilines is 1. The van der Waals surface area contributed by atoms with Gasteiger partial charge in [-0.05, 0) is 91.3 Å². The van der Waals surface area contributed by atoms with Crippen molar-refractivity contribution < 1.29 is 23.9 Å². The van der Waals surface area contributed by atoms with Gasteiger partial charge in [-0.15, -0.1) is 0 Å². The number of aryl methyl sites for hydroxylation is 1. The molecule has 2 aliphatic heterocycles. The van der Waals surface area contributed by atoms with Gasteiger partial charge in [0.2, 0.25) is 0 Å². The zero-order valence-electron chi connectivity index (χ0n) is 21.2. The third-order valence-corrected chi connectivity index (χ3v) is 6.92. The van der Waals surface area contributed by atoms with Crippen LogP contribution in [0.15, 0.2) is 12.1 Å². The molecular weight excluding hydrogens is 434 g/mol. The van der Waals surface area contributed by atoms with Gasteiger partial charge in [-0.2, -0.15) is 0 Å². The predicted molar refractivity (Wildman–Crippen MR) is 129 cm³/mol. The molecule has 8 nitrogen and oxygen atoms in total. The van der Waals surface area contributed by atoms with Crippen LogP contribution in [0.5, 0.6) is 5.75 Å². The van der Waals surface area contributed by atoms with Crippen molar-refractivity contribution >= 4 is 23.6 Å². The Labute approximate surface area is 201 Å². The minimum atomic E-state index is -0.748. The molecule has 1 saturated carbocycles. The number of nitrogens with zero attached hydrogens (tertiary/aromatic N) is 2. The van der Waals surface area contributed by atoms with Crippen molar-refractivity contribution in [1.82, 2.24) is 9.80 Å². The van der Waals surface area contributed by atoms with Crippen LogP contribution in [0.1, 0.15) is 82.6 Å². The topological polar surface area (TPSA) is 88.2 Å². The van der Waals surface area contributed by atoms with Gasteiger partial charge < -0.3 is 24.6 Å². The van der Waals surface area contributed by atoms with E-state index < -0.39 is 11.2 Å². The van der Waals surface area contributed by atoms with E-state index in [1.807, 2.05) is 52.5 Å². The highest BCUT2D eigenvalue weighted by Crippen LogP contribution is 2.44. The minimum absolute atomic E-state index is 0.0596. The van der Waals surface area contributed by atoms with E-state index in [0.29, 0.717) is 30.1 Å². The maximum Gasteiger partial charge on any atom is 0.410 e. The number of hydrogen-bond acceptors (Lipinski definition) is 5.